The summed E-state index contributed by atoms with van der Waals surface area (Å²) in [6.45, 7) is 15.0. The molecule has 4 heteroatoms. The quantitative estimate of drug-likeness (QED) is 0.102. The minimum absolute atomic E-state index is 0.0421. The molecule has 38 heavy (non-hydrogen) atoms. The van der Waals surface area contributed by atoms with Gasteiger partial charge in [-0.3, -0.25) is 9.59 Å². The van der Waals surface area contributed by atoms with Crippen molar-refractivity contribution in [2.75, 3.05) is 13.2 Å². The van der Waals surface area contributed by atoms with Gasteiger partial charge >= 0.3 is 11.9 Å². The van der Waals surface area contributed by atoms with E-state index in [1.807, 2.05) is 0 Å². The van der Waals surface area contributed by atoms with Gasteiger partial charge in [-0.05, 0) is 75.0 Å². The van der Waals surface area contributed by atoms with Crippen molar-refractivity contribution >= 4 is 11.9 Å². The number of carbonyl (C=O) groups is 2. The van der Waals surface area contributed by atoms with Gasteiger partial charge in [-0.25, -0.2) is 0 Å². The lowest BCUT2D eigenvalue weighted by molar-refractivity contribution is -0.155. The normalized spacial score (nSPS) is 20.9. The molecule has 0 bridgehead atoms. The summed E-state index contributed by atoms with van der Waals surface area (Å²) >= 11 is 0. The highest BCUT2D eigenvalue weighted by Gasteiger charge is 2.31. The maximum atomic E-state index is 12.5. The zero-order valence-electron chi connectivity index (χ0n) is 26.2. The first-order valence-electron chi connectivity index (χ1n) is 16.6. The van der Waals surface area contributed by atoms with Crippen LogP contribution in [0, 0.1) is 35.5 Å². The number of hydrogen-bond donors (Lipinski definition) is 0. The number of hydrogen-bond acceptors (Lipinski definition) is 4. The Hall–Kier alpha value is -1.06. The summed E-state index contributed by atoms with van der Waals surface area (Å²) in [5.74, 6) is 2.99. The molecule has 4 nitrogen and oxygen atoms in total. The van der Waals surface area contributed by atoms with E-state index in [1.54, 1.807) is 0 Å². The van der Waals surface area contributed by atoms with Crippen LogP contribution in [0.15, 0.2) is 0 Å². The Labute approximate surface area is 236 Å². The summed E-state index contributed by atoms with van der Waals surface area (Å²) in [5, 5.41) is 0. The topological polar surface area (TPSA) is 52.6 Å². The third-order valence-corrected chi connectivity index (χ3v) is 8.93. The van der Waals surface area contributed by atoms with Crippen LogP contribution in [-0.4, -0.2) is 25.2 Å². The van der Waals surface area contributed by atoms with Crippen molar-refractivity contribution in [2.24, 2.45) is 35.5 Å². The number of unbranched alkanes of at least 4 members (excludes halogenated alkanes) is 2. The van der Waals surface area contributed by atoms with Gasteiger partial charge in [-0.2, -0.15) is 0 Å². The second-order valence-electron chi connectivity index (χ2n) is 13.0. The average molecular weight is 537 g/mol. The fourth-order valence-electron chi connectivity index (χ4n) is 6.04. The summed E-state index contributed by atoms with van der Waals surface area (Å²) < 4.78 is 11.2. The zero-order valence-corrected chi connectivity index (χ0v) is 26.2. The van der Waals surface area contributed by atoms with Crippen LogP contribution in [0.1, 0.15) is 157 Å². The molecule has 4 unspecified atom stereocenters. The molecule has 0 aliphatic heterocycles. The second kappa shape index (κ2) is 21.7. The van der Waals surface area contributed by atoms with Crippen LogP contribution in [-0.2, 0) is 19.1 Å². The fraction of sp³-hybridized carbons (Fsp3) is 0.941. The first kappa shape index (κ1) is 35.0. The van der Waals surface area contributed by atoms with Crippen LogP contribution in [0.25, 0.3) is 0 Å². The number of esters is 2. The maximum Gasteiger partial charge on any atom is 0.308 e. The van der Waals surface area contributed by atoms with Crippen molar-refractivity contribution < 1.29 is 19.1 Å². The van der Waals surface area contributed by atoms with Crippen LogP contribution in [0.3, 0.4) is 0 Å². The van der Waals surface area contributed by atoms with Gasteiger partial charge in [0.1, 0.15) is 0 Å². The molecule has 0 radical (unpaired) electrons. The van der Waals surface area contributed by atoms with Crippen molar-refractivity contribution in [2.45, 2.75) is 157 Å². The Morgan fingerprint density at radius 2 is 0.842 bits per heavy atom. The van der Waals surface area contributed by atoms with Gasteiger partial charge in [-0.15, -0.1) is 0 Å². The molecule has 0 aromatic rings. The van der Waals surface area contributed by atoms with Gasteiger partial charge in [0.2, 0.25) is 0 Å². The molecule has 1 aliphatic carbocycles. The zero-order chi connectivity index (χ0) is 28.2. The van der Waals surface area contributed by atoms with Crippen molar-refractivity contribution in [3.05, 3.63) is 0 Å². The Morgan fingerprint density at radius 3 is 1.16 bits per heavy atom. The summed E-state index contributed by atoms with van der Waals surface area (Å²) in [6, 6.07) is 0. The van der Waals surface area contributed by atoms with Gasteiger partial charge in [0.25, 0.3) is 0 Å². The summed E-state index contributed by atoms with van der Waals surface area (Å²) in [4.78, 5) is 25.0. The van der Waals surface area contributed by atoms with Crippen molar-refractivity contribution in [1.29, 1.82) is 0 Å². The predicted octanol–water partition coefficient (Wildman–Crippen LogP) is 9.92. The van der Waals surface area contributed by atoms with Gasteiger partial charge in [-0.1, -0.05) is 106 Å². The molecule has 1 fully saturated rings. The lowest BCUT2D eigenvalue weighted by Crippen LogP contribution is -2.28. The van der Waals surface area contributed by atoms with E-state index in [-0.39, 0.29) is 23.8 Å². The Balaban J connectivity index is 2.06. The molecule has 0 aromatic carbocycles. The lowest BCUT2D eigenvalue weighted by Gasteiger charge is -2.26. The smallest absolute Gasteiger partial charge is 0.308 e. The lowest BCUT2D eigenvalue weighted by atomic mass is 9.82. The monoisotopic (exact) mass is 536 g/mol. The summed E-state index contributed by atoms with van der Waals surface area (Å²) in [6.07, 6.45) is 20.1. The molecule has 1 saturated carbocycles. The largest absolute Gasteiger partial charge is 0.465 e. The third kappa shape index (κ3) is 16.8. The van der Waals surface area contributed by atoms with Crippen molar-refractivity contribution in [3.63, 3.8) is 0 Å². The van der Waals surface area contributed by atoms with Crippen LogP contribution in [0.5, 0.6) is 0 Å². The van der Waals surface area contributed by atoms with E-state index in [0.29, 0.717) is 13.2 Å². The minimum atomic E-state index is -0.0588. The van der Waals surface area contributed by atoms with Gasteiger partial charge in [0.05, 0.1) is 25.0 Å². The molecule has 1 rings (SSSR count). The molecule has 0 aromatic heterocycles. The Bertz CT molecular complexity index is 543. The van der Waals surface area contributed by atoms with E-state index >= 15 is 0 Å². The van der Waals surface area contributed by atoms with Crippen molar-refractivity contribution in [1.82, 2.24) is 0 Å². The Kier molecular flexibility index (Phi) is 20.0. The number of ether oxygens (including phenoxy) is 2. The van der Waals surface area contributed by atoms with Crippen LogP contribution in [0.4, 0.5) is 0 Å². The second-order valence-corrected chi connectivity index (χ2v) is 13.0. The predicted molar refractivity (Wildman–Crippen MR) is 160 cm³/mol. The maximum absolute atomic E-state index is 12.5. The molecular formula is C34H64O4. The highest BCUT2D eigenvalue weighted by Crippen LogP contribution is 2.31. The molecule has 0 saturated heterocycles. The van der Waals surface area contributed by atoms with E-state index in [0.717, 1.165) is 75.0 Å². The van der Waals surface area contributed by atoms with E-state index in [4.69, 9.17) is 9.47 Å². The van der Waals surface area contributed by atoms with Gasteiger partial charge < -0.3 is 9.47 Å². The molecular weight excluding hydrogens is 472 g/mol. The molecule has 0 heterocycles. The fourth-order valence-corrected chi connectivity index (χ4v) is 6.04. The van der Waals surface area contributed by atoms with Crippen molar-refractivity contribution in [3.8, 4) is 0 Å². The molecule has 0 N–H and O–H groups in total. The van der Waals surface area contributed by atoms with Crippen LogP contribution < -0.4 is 0 Å². The SMILES string of the molecule is CCCC(C)CCC(C)CCCCOC(=O)C1CCC(C(=O)OCCCCC(C)CCC(C)CCC)CC1. The average Bonchev–Trinajstić information content (AvgIpc) is 2.90. The summed E-state index contributed by atoms with van der Waals surface area (Å²) in [5.41, 5.74) is 0. The molecule has 224 valence electrons. The van der Waals surface area contributed by atoms with Gasteiger partial charge in [0.15, 0.2) is 0 Å². The van der Waals surface area contributed by atoms with E-state index < -0.39 is 0 Å². The van der Waals surface area contributed by atoms with Crippen LogP contribution >= 0.6 is 0 Å². The molecule has 0 spiro atoms. The van der Waals surface area contributed by atoms with E-state index in [1.165, 1.54) is 64.2 Å². The molecule has 1 aliphatic rings. The van der Waals surface area contributed by atoms with Gasteiger partial charge in [0, 0.05) is 0 Å². The molecule has 4 atom stereocenters. The molecule has 0 amide bonds. The number of rotatable bonds is 22. The first-order chi connectivity index (χ1) is 18.3. The highest BCUT2D eigenvalue weighted by atomic mass is 16.5. The summed E-state index contributed by atoms with van der Waals surface area (Å²) in [7, 11) is 0. The third-order valence-electron chi connectivity index (χ3n) is 8.93. The first-order valence-corrected chi connectivity index (χ1v) is 16.6. The Morgan fingerprint density at radius 1 is 0.526 bits per heavy atom. The van der Waals surface area contributed by atoms with E-state index in [9.17, 15) is 9.59 Å². The highest BCUT2D eigenvalue weighted by molar-refractivity contribution is 5.75. The standard InChI is InChI=1S/C34H64O4/c1-7-13-27(3)17-19-29(5)15-9-11-25-37-33(35)31-21-23-32(24-22-31)34(36)38-26-12-10-16-30(6)20-18-28(4)14-8-2/h27-32H,7-26H2,1-6H3. The minimum Gasteiger partial charge on any atom is -0.465 e. The van der Waals surface area contributed by atoms with E-state index in [2.05, 4.69) is 41.5 Å². The van der Waals surface area contributed by atoms with Crippen LogP contribution in [0.2, 0.25) is 0 Å². The number of carbonyl (C=O) groups excluding carboxylic acids is 2.